The molecule has 4 heteroatoms. The Hall–Kier alpha value is -0.0600. The molecule has 1 unspecified atom stereocenters. The van der Waals surface area contributed by atoms with Gasteiger partial charge in [0.2, 0.25) is 0 Å². The summed E-state index contributed by atoms with van der Waals surface area (Å²) in [5.74, 6) is 1.16. The molecule has 0 saturated heterocycles. The van der Waals surface area contributed by atoms with E-state index < -0.39 is 0 Å². The third-order valence-corrected chi connectivity index (χ3v) is 3.83. The third-order valence-electron chi connectivity index (χ3n) is 1.95. The number of thiazole rings is 1. The predicted octanol–water partition coefficient (Wildman–Crippen LogP) is 2.55. The summed E-state index contributed by atoms with van der Waals surface area (Å²) in [7, 11) is 0. The largest absolute Gasteiger partial charge is 0.308 e. The van der Waals surface area contributed by atoms with Gasteiger partial charge in [-0.2, -0.15) is 11.8 Å². The van der Waals surface area contributed by atoms with E-state index in [4.69, 9.17) is 0 Å². The third kappa shape index (κ3) is 3.98. The molecule has 1 heterocycles. The zero-order valence-electron chi connectivity index (χ0n) is 9.04. The highest BCUT2D eigenvalue weighted by Gasteiger charge is 2.03. The quantitative estimate of drug-likeness (QED) is 0.813. The second-order valence-corrected chi connectivity index (χ2v) is 5.18. The van der Waals surface area contributed by atoms with Gasteiger partial charge in [-0.25, -0.2) is 4.98 Å². The molecule has 1 rings (SSSR count). The van der Waals surface area contributed by atoms with Crippen molar-refractivity contribution in [1.29, 1.82) is 0 Å². The first-order chi connectivity index (χ1) is 6.76. The highest BCUT2D eigenvalue weighted by atomic mass is 32.2. The minimum Gasteiger partial charge on any atom is -0.308 e. The summed E-state index contributed by atoms with van der Waals surface area (Å²) in [6.07, 6.45) is 3.18. The van der Waals surface area contributed by atoms with Crippen molar-refractivity contribution in [2.75, 3.05) is 12.0 Å². The minimum absolute atomic E-state index is 0.566. The number of nitrogens with zero attached hydrogens (tertiary/aromatic N) is 1. The Morgan fingerprint density at radius 3 is 3.00 bits per heavy atom. The summed E-state index contributed by atoms with van der Waals surface area (Å²) >= 11 is 3.63. The molecule has 0 aliphatic heterocycles. The zero-order chi connectivity index (χ0) is 10.4. The fraction of sp³-hybridized carbons (Fsp3) is 0.700. The zero-order valence-corrected chi connectivity index (χ0v) is 10.7. The smallest absolute Gasteiger partial charge is 0.0926 e. The Kier molecular flexibility index (Phi) is 5.52. The normalized spacial score (nSPS) is 13.1. The van der Waals surface area contributed by atoms with Crippen LogP contribution in [0.2, 0.25) is 0 Å². The van der Waals surface area contributed by atoms with Gasteiger partial charge in [0.1, 0.15) is 0 Å². The molecule has 1 N–H and O–H groups in total. The SMILES string of the molecule is CCc1nc(CNC(C)CSC)cs1. The topological polar surface area (TPSA) is 24.9 Å². The standard InChI is InChI=1S/C10H18N2S2/c1-4-10-12-9(7-14-10)5-11-8(2)6-13-3/h7-8,11H,4-6H2,1-3H3. The Balaban J connectivity index is 2.30. The van der Waals surface area contributed by atoms with Crippen LogP contribution in [0, 0.1) is 0 Å². The summed E-state index contributed by atoms with van der Waals surface area (Å²) in [4.78, 5) is 4.51. The van der Waals surface area contributed by atoms with Crippen LogP contribution < -0.4 is 5.32 Å². The van der Waals surface area contributed by atoms with E-state index in [1.807, 2.05) is 11.8 Å². The summed E-state index contributed by atoms with van der Waals surface area (Å²) in [6.45, 7) is 5.26. The molecule has 0 aliphatic carbocycles. The molecule has 0 saturated carbocycles. The molecule has 0 radical (unpaired) electrons. The van der Waals surface area contributed by atoms with Crippen molar-refractivity contribution < 1.29 is 0 Å². The van der Waals surface area contributed by atoms with Crippen LogP contribution in [-0.4, -0.2) is 23.0 Å². The average Bonchev–Trinajstić information content (AvgIpc) is 2.63. The monoisotopic (exact) mass is 230 g/mol. The number of aromatic nitrogens is 1. The molecular weight excluding hydrogens is 212 g/mol. The van der Waals surface area contributed by atoms with Gasteiger partial charge >= 0.3 is 0 Å². The molecule has 1 aromatic rings. The van der Waals surface area contributed by atoms with Crippen molar-refractivity contribution in [3.05, 3.63) is 16.1 Å². The van der Waals surface area contributed by atoms with Gasteiger partial charge in [0.05, 0.1) is 10.7 Å². The molecule has 14 heavy (non-hydrogen) atoms. The van der Waals surface area contributed by atoms with E-state index in [2.05, 4.69) is 35.8 Å². The number of rotatable bonds is 6. The van der Waals surface area contributed by atoms with Crippen LogP contribution in [0.25, 0.3) is 0 Å². The number of hydrogen-bond donors (Lipinski definition) is 1. The lowest BCUT2D eigenvalue weighted by atomic mass is 10.3. The van der Waals surface area contributed by atoms with Crippen LogP contribution in [0.15, 0.2) is 5.38 Å². The van der Waals surface area contributed by atoms with Gasteiger partial charge < -0.3 is 5.32 Å². The van der Waals surface area contributed by atoms with Crippen LogP contribution in [0.5, 0.6) is 0 Å². The predicted molar refractivity (Wildman–Crippen MR) is 66.2 cm³/mol. The highest BCUT2D eigenvalue weighted by molar-refractivity contribution is 7.98. The van der Waals surface area contributed by atoms with Gasteiger partial charge in [-0.15, -0.1) is 11.3 Å². The van der Waals surface area contributed by atoms with Gasteiger partial charge in [-0.3, -0.25) is 0 Å². The molecule has 0 fully saturated rings. The van der Waals surface area contributed by atoms with Gasteiger partial charge in [0, 0.05) is 23.7 Å². The van der Waals surface area contributed by atoms with E-state index in [1.54, 1.807) is 11.3 Å². The minimum atomic E-state index is 0.566. The van der Waals surface area contributed by atoms with E-state index in [1.165, 1.54) is 10.7 Å². The van der Waals surface area contributed by atoms with Crippen LogP contribution in [0.1, 0.15) is 24.5 Å². The van der Waals surface area contributed by atoms with E-state index in [9.17, 15) is 0 Å². The first-order valence-electron chi connectivity index (χ1n) is 4.91. The van der Waals surface area contributed by atoms with Gasteiger partial charge in [0.25, 0.3) is 0 Å². The molecule has 0 aromatic carbocycles. The summed E-state index contributed by atoms with van der Waals surface area (Å²) in [5.41, 5.74) is 1.18. The van der Waals surface area contributed by atoms with Crippen LogP contribution in [-0.2, 0) is 13.0 Å². The number of thioether (sulfide) groups is 1. The van der Waals surface area contributed by atoms with Gasteiger partial charge in [0.15, 0.2) is 0 Å². The Labute approximate surface area is 94.5 Å². The van der Waals surface area contributed by atoms with Crippen molar-refractivity contribution in [2.24, 2.45) is 0 Å². The van der Waals surface area contributed by atoms with E-state index in [-0.39, 0.29) is 0 Å². The summed E-state index contributed by atoms with van der Waals surface area (Å²) in [6, 6.07) is 0.566. The molecule has 2 nitrogen and oxygen atoms in total. The van der Waals surface area contributed by atoms with E-state index in [0.717, 1.165) is 18.7 Å². The molecule has 1 atom stereocenters. The lowest BCUT2D eigenvalue weighted by molar-refractivity contribution is 0.589. The fourth-order valence-electron chi connectivity index (χ4n) is 1.18. The second kappa shape index (κ2) is 6.43. The highest BCUT2D eigenvalue weighted by Crippen LogP contribution is 2.10. The van der Waals surface area contributed by atoms with Crippen molar-refractivity contribution in [1.82, 2.24) is 10.3 Å². The van der Waals surface area contributed by atoms with Crippen molar-refractivity contribution in [2.45, 2.75) is 32.9 Å². The average molecular weight is 230 g/mol. The van der Waals surface area contributed by atoms with E-state index in [0.29, 0.717) is 6.04 Å². The van der Waals surface area contributed by atoms with E-state index >= 15 is 0 Å². The second-order valence-electron chi connectivity index (χ2n) is 3.32. The van der Waals surface area contributed by atoms with Gasteiger partial charge in [-0.1, -0.05) is 6.92 Å². The molecule has 1 aromatic heterocycles. The first kappa shape index (κ1) is 12.0. The lowest BCUT2D eigenvalue weighted by Crippen LogP contribution is -2.27. The van der Waals surface area contributed by atoms with Crippen molar-refractivity contribution in [3.8, 4) is 0 Å². The Morgan fingerprint density at radius 1 is 1.64 bits per heavy atom. The van der Waals surface area contributed by atoms with Crippen molar-refractivity contribution in [3.63, 3.8) is 0 Å². The number of nitrogens with one attached hydrogen (secondary N) is 1. The molecule has 80 valence electrons. The Bertz CT molecular complexity index is 260. The number of hydrogen-bond acceptors (Lipinski definition) is 4. The molecule has 0 aliphatic rings. The first-order valence-corrected chi connectivity index (χ1v) is 7.19. The molecule has 0 bridgehead atoms. The maximum atomic E-state index is 4.51. The van der Waals surface area contributed by atoms with Gasteiger partial charge in [-0.05, 0) is 19.6 Å². The van der Waals surface area contributed by atoms with Crippen LogP contribution in [0.3, 0.4) is 0 Å². The maximum absolute atomic E-state index is 4.51. The maximum Gasteiger partial charge on any atom is 0.0926 e. The van der Waals surface area contributed by atoms with Crippen LogP contribution >= 0.6 is 23.1 Å². The fourth-order valence-corrected chi connectivity index (χ4v) is 2.54. The summed E-state index contributed by atoms with van der Waals surface area (Å²) in [5, 5.41) is 6.85. The van der Waals surface area contributed by atoms with Crippen LogP contribution in [0.4, 0.5) is 0 Å². The molecular formula is C10H18N2S2. The Morgan fingerprint density at radius 2 is 2.43 bits per heavy atom. The summed E-state index contributed by atoms with van der Waals surface area (Å²) < 4.78 is 0. The number of aryl methyl sites for hydroxylation is 1. The lowest BCUT2D eigenvalue weighted by Gasteiger charge is -2.10. The molecule has 0 amide bonds. The van der Waals surface area contributed by atoms with Crippen molar-refractivity contribution >= 4 is 23.1 Å². The molecule has 0 spiro atoms.